The summed E-state index contributed by atoms with van der Waals surface area (Å²) in [5.74, 6) is -0.607. The van der Waals surface area contributed by atoms with E-state index < -0.39 is 5.50 Å². The molecule has 1 aromatic heterocycles. The highest BCUT2D eigenvalue weighted by molar-refractivity contribution is 8.00. The monoisotopic (exact) mass is 470 g/mol. The summed E-state index contributed by atoms with van der Waals surface area (Å²) < 4.78 is 13.7. The van der Waals surface area contributed by atoms with Crippen LogP contribution in [0.15, 0.2) is 48.5 Å². The largest absolute Gasteiger partial charge is 0.332 e. The molecular formula is C23H23FN4O2S2. The van der Waals surface area contributed by atoms with Crippen LogP contribution in [0.1, 0.15) is 28.6 Å². The summed E-state index contributed by atoms with van der Waals surface area (Å²) in [6.45, 7) is 3.61. The third-order valence-corrected chi connectivity index (χ3v) is 7.38. The van der Waals surface area contributed by atoms with Gasteiger partial charge >= 0.3 is 0 Å². The molecule has 3 N–H and O–H groups in total. The maximum Gasteiger partial charge on any atom is 0.234 e. The van der Waals surface area contributed by atoms with Crippen molar-refractivity contribution in [2.75, 3.05) is 11.1 Å². The molecule has 32 heavy (non-hydrogen) atoms. The number of benzene rings is 2. The van der Waals surface area contributed by atoms with Crippen molar-refractivity contribution in [1.82, 2.24) is 15.6 Å². The molecule has 6 nitrogen and oxygen atoms in total. The first-order chi connectivity index (χ1) is 15.4. The number of carbonyl (C=O) groups excluding carboxylic acids is 2. The average molecular weight is 471 g/mol. The Labute approximate surface area is 194 Å². The molecule has 2 amide bonds. The zero-order valence-electron chi connectivity index (χ0n) is 17.6. The molecule has 0 radical (unpaired) electrons. The predicted molar refractivity (Wildman–Crippen MR) is 127 cm³/mol. The topological polar surface area (TPSA) is 83.1 Å². The molecule has 1 aliphatic rings. The van der Waals surface area contributed by atoms with Crippen molar-refractivity contribution in [3.8, 4) is 10.6 Å². The van der Waals surface area contributed by atoms with Gasteiger partial charge in [0, 0.05) is 22.5 Å². The Morgan fingerprint density at radius 1 is 1.25 bits per heavy atom. The number of thioether (sulfide) groups is 1. The summed E-state index contributed by atoms with van der Waals surface area (Å²) in [4.78, 5) is 30.3. The number of aromatic nitrogens is 1. The SMILES string of the molecule is Cc1ccc(NC(=O)CSC2NC(=O)CC(c3sc(-c4ccccc4)nc3C)N2)cc1F. The molecule has 4 rings (SSSR count). The van der Waals surface area contributed by atoms with Gasteiger partial charge in [0.15, 0.2) is 0 Å². The van der Waals surface area contributed by atoms with E-state index in [1.165, 1.54) is 17.8 Å². The molecule has 0 bridgehead atoms. The lowest BCUT2D eigenvalue weighted by atomic mass is 10.1. The van der Waals surface area contributed by atoms with E-state index in [4.69, 9.17) is 0 Å². The molecule has 2 aromatic carbocycles. The van der Waals surface area contributed by atoms with E-state index in [0.717, 1.165) is 21.1 Å². The Hall–Kier alpha value is -2.75. The maximum atomic E-state index is 13.7. The molecule has 0 saturated carbocycles. The lowest BCUT2D eigenvalue weighted by Gasteiger charge is -2.30. The molecule has 0 spiro atoms. The number of rotatable bonds is 6. The summed E-state index contributed by atoms with van der Waals surface area (Å²) in [6.07, 6.45) is 0.309. The van der Waals surface area contributed by atoms with Gasteiger partial charge in [-0.25, -0.2) is 9.37 Å². The van der Waals surface area contributed by atoms with E-state index >= 15 is 0 Å². The Balaban J connectivity index is 1.38. The van der Waals surface area contributed by atoms with Gasteiger partial charge in [-0.1, -0.05) is 36.4 Å². The number of thiazole rings is 1. The van der Waals surface area contributed by atoms with Crippen molar-refractivity contribution in [2.45, 2.75) is 31.8 Å². The Morgan fingerprint density at radius 2 is 2.03 bits per heavy atom. The highest BCUT2D eigenvalue weighted by atomic mass is 32.2. The molecule has 2 atom stereocenters. The average Bonchev–Trinajstić information content (AvgIpc) is 3.17. The highest BCUT2D eigenvalue weighted by Gasteiger charge is 2.30. The van der Waals surface area contributed by atoms with Crippen molar-refractivity contribution in [3.63, 3.8) is 0 Å². The van der Waals surface area contributed by atoms with Gasteiger partial charge in [0.05, 0.1) is 17.5 Å². The second-order valence-corrected chi connectivity index (χ2v) is 9.65. The van der Waals surface area contributed by atoms with Crippen LogP contribution in [0.25, 0.3) is 10.6 Å². The van der Waals surface area contributed by atoms with Gasteiger partial charge in [0.25, 0.3) is 0 Å². The molecule has 9 heteroatoms. The van der Waals surface area contributed by atoms with Crippen molar-refractivity contribution in [2.24, 2.45) is 0 Å². The van der Waals surface area contributed by atoms with E-state index in [2.05, 4.69) is 20.9 Å². The van der Waals surface area contributed by atoms with Crippen molar-refractivity contribution < 1.29 is 14.0 Å². The van der Waals surface area contributed by atoms with Crippen LogP contribution in [0, 0.1) is 19.7 Å². The fourth-order valence-corrected chi connectivity index (χ4v) is 5.39. The molecule has 2 unspecified atom stereocenters. The zero-order chi connectivity index (χ0) is 22.7. The molecule has 0 aliphatic carbocycles. The fraction of sp³-hybridized carbons (Fsp3) is 0.261. The van der Waals surface area contributed by atoms with Crippen LogP contribution >= 0.6 is 23.1 Å². The molecule has 1 fully saturated rings. The smallest absolute Gasteiger partial charge is 0.234 e. The number of halogens is 1. The number of hydrogen-bond donors (Lipinski definition) is 3. The Morgan fingerprint density at radius 3 is 2.78 bits per heavy atom. The number of carbonyl (C=O) groups is 2. The summed E-state index contributed by atoms with van der Waals surface area (Å²) in [5, 5.41) is 9.87. The van der Waals surface area contributed by atoms with Gasteiger partial charge in [-0.05, 0) is 31.5 Å². The third kappa shape index (κ3) is 5.35. The first-order valence-corrected chi connectivity index (χ1v) is 12.0. The Kier molecular flexibility index (Phi) is 6.88. The minimum absolute atomic E-state index is 0.0821. The van der Waals surface area contributed by atoms with Gasteiger partial charge in [-0.3, -0.25) is 14.9 Å². The van der Waals surface area contributed by atoms with Crippen molar-refractivity contribution >= 4 is 40.6 Å². The second-order valence-electron chi connectivity index (χ2n) is 7.53. The lowest BCUT2D eigenvalue weighted by molar-refractivity contribution is -0.123. The van der Waals surface area contributed by atoms with Crippen LogP contribution in [0.3, 0.4) is 0 Å². The van der Waals surface area contributed by atoms with Gasteiger partial charge in [-0.2, -0.15) is 0 Å². The summed E-state index contributed by atoms with van der Waals surface area (Å²) in [7, 11) is 0. The summed E-state index contributed by atoms with van der Waals surface area (Å²) >= 11 is 2.85. The lowest BCUT2D eigenvalue weighted by Crippen LogP contribution is -2.51. The minimum atomic E-state index is -0.413. The van der Waals surface area contributed by atoms with Crippen molar-refractivity contribution in [1.29, 1.82) is 0 Å². The van der Waals surface area contributed by atoms with E-state index in [1.807, 2.05) is 37.3 Å². The maximum absolute atomic E-state index is 13.7. The van der Waals surface area contributed by atoms with Crippen LogP contribution in [0.4, 0.5) is 10.1 Å². The highest BCUT2D eigenvalue weighted by Crippen LogP contribution is 2.34. The van der Waals surface area contributed by atoms with Crippen LogP contribution in [-0.4, -0.2) is 28.0 Å². The molecule has 2 heterocycles. The van der Waals surface area contributed by atoms with Crippen LogP contribution < -0.4 is 16.0 Å². The predicted octanol–water partition coefficient (Wildman–Crippen LogP) is 4.37. The molecular weight excluding hydrogens is 447 g/mol. The van der Waals surface area contributed by atoms with E-state index in [-0.39, 0.29) is 29.4 Å². The normalized spacial score (nSPS) is 18.3. The Bertz CT molecular complexity index is 1140. The quantitative estimate of drug-likeness (QED) is 0.498. The van der Waals surface area contributed by atoms with Gasteiger partial charge < -0.3 is 10.6 Å². The minimum Gasteiger partial charge on any atom is -0.332 e. The fourth-order valence-electron chi connectivity index (χ4n) is 3.39. The first-order valence-electron chi connectivity index (χ1n) is 10.1. The van der Waals surface area contributed by atoms with E-state index in [9.17, 15) is 14.0 Å². The molecule has 166 valence electrons. The summed E-state index contributed by atoms with van der Waals surface area (Å²) in [5.41, 5.74) is 2.45. The zero-order valence-corrected chi connectivity index (χ0v) is 19.3. The number of anilines is 1. The number of aryl methyl sites for hydroxylation is 2. The van der Waals surface area contributed by atoms with Crippen LogP contribution in [0.2, 0.25) is 0 Å². The molecule has 1 saturated heterocycles. The standard InChI is InChI=1S/C23H23FN4O2S2/c1-13-8-9-16(10-17(13)24)26-20(30)12-31-23-27-18(11-19(29)28-23)21-14(2)25-22(32-21)15-6-4-3-5-7-15/h3-10,18,23,27H,11-12H2,1-2H3,(H,26,30)(H,28,29). The van der Waals surface area contributed by atoms with Crippen LogP contribution in [-0.2, 0) is 9.59 Å². The van der Waals surface area contributed by atoms with Gasteiger partial charge in [0.1, 0.15) is 16.3 Å². The number of hydrogen-bond acceptors (Lipinski definition) is 6. The van der Waals surface area contributed by atoms with Crippen molar-refractivity contribution in [3.05, 3.63) is 70.5 Å². The number of nitrogens with one attached hydrogen (secondary N) is 3. The third-order valence-electron chi connectivity index (χ3n) is 5.04. The molecule has 1 aliphatic heterocycles. The second kappa shape index (κ2) is 9.81. The van der Waals surface area contributed by atoms with E-state index in [1.54, 1.807) is 30.4 Å². The van der Waals surface area contributed by atoms with E-state index in [0.29, 0.717) is 17.7 Å². The molecule has 3 aromatic rings. The van der Waals surface area contributed by atoms with Gasteiger partial charge in [0.2, 0.25) is 11.8 Å². The van der Waals surface area contributed by atoms with Crippen LogP contribution in [0.5, 0.6) is 0 Å². The first kappa shape index (κ1) is 22.4. The number of amides is 2. The van der Waals surface area contributed by atoms with Gasteiger partial charge in [-0.15, -0.1) is 23.1 Å². The number of nitrogens with zero attached hydrogens (tertiary/aromatic N) is 1. The summed E-state index contributed by atoms with van der Waals surface area (Å²) in [6, 6.07) is 14.3.